The summed E-state index contributed by atoms with van der Waals surface area (Å²) in [6.07, 6.45) is 1.72. The number of pyridine rings is 1. The number of nitrogens with zero attached hydrogens (tertiary/aromatic N) is 1. The van der Waals surface area contributed by atoms with Crippen LogP contribution in [0.5, 0.6) is 0 Å². The third-order valence-electron chi connectivity index (χ3n) is 3.27. The number of aromatic nitrogens is 1. The van der Waals surface area contributed by atoms with E-state index in [1.165, 1.54) is 0 Å². The molecule has 2 aromatic heterocycles. The van der Waals surface area contributed by atoms with Gasteiger partial charge in [0.1, 0.15) is 5.76 Å². The molecule has 0 aliphatic carbocycles. The van der Waals surface area contributed by atoms with Gasteiger partial charge in [-0.25, -0.2) is 0 Å². The maximum absolute atomic E-state index is 5.44. The van der Waals surface area contributed by atoms with E-state index in [1.54, 1.807) is 6.26 Å². The SMILES string of the molecule is Cc1ccc2cccc(NCc3occc3C)c2n1. The first kappa shape index (κ1) is 11.8. The molecule has 0 aliphatic rings. The molecule has 3 heteroatoms. The van der Waals surface area contributed by atoms with Gasteiger partial charge >= 0.3 is 0 Å². The van der Waals surface area contributed by atoms with Gasteiger partial charge in [0.2, 0.25) is 0 Å². The molecule has 0 amide bonds. The van der Waals surface area contributed by atoms with Gasteiger partial charge in [0.15, 0.2) is 0 Å². The highest BCUT2D eigenvalue weighted by molar-refractivity contribution is 5.90. The molecule has 19 heavy (non-hydrogen) atoms. The van der Waals surface area contributed by atoms with Gasteiger partial charge < -0.3 is 9.73 Å². The fraction of sp³-hybridized carbons (Fsp3) is 0.188. The molecule has 0 aliphatic heterocycles. The Morgan fingerprint density at radius 2 is 2.00 bits per heavy atom. The Labute approximate surface area is 112 Å². The molecule has 1 aromatic carbocycles. The van der Waals surface area contributed by atoms with Crippen molar-refractivity contribution in [3.63, 3.8) is 0 Å². The van der Waals surface area contributed by atoms with Crippen molar-refractivity contribution in [2.75, 3.05) is 5.32 Å². The van der Waals surface area contributed by atoms with Crippen molar-refractivity contribution in [1.82, 2.24) is 4.98 Å². The number of hydrogen-bond donors (Lipinski definition) is 1. The van der Waals surface area contributed by atoms with Crippen LogP contribution in [0.1, 0.15) is 17.0 Å². The first-order valence-corrected chi connectivity index (χ1v) is 6.37. The Hall–Kier alpha value is -2.29. The number of para-hydroxylation sites is 1. The molecule has 0 bridgehead atoms. The summed E-state index contributed by atoms with van der Waals surface area (Å²) in [5.74, 6) is 0.963. The molecule has 2 heterocycles. The predicted octanol–water partition coefficient (Wildman–Crippen LogP) is 4.06. The molecular formula is C16H16N2O. The average molecular weight is 252 g/mol. The smallest absolute Gasteiger partial charge is 0.125 e. The summed E-state index contributed by atoms with van der Waals surface area (Å²) in [7, 11) is 0. The Morgan fingerprint density at radius 3 is 2.79 bits per heavy atom. The molecule has 0 spiro atoms. The van der Waals surface area contributed by atoms with Gasteiger partial charge in [-0.15, -0.1) is 0 Å². The summed E-state index contributed by atoms with van der Waals surface area (Å²) < 4.78 is 5.44. The molecule has 0 unspecified atom stereocenters. The van der Waals surface area contributed by atoms with E-state index in [1.807, 2.05) is 38.1 Å². The molecule has 3 rings (SSSR count). The largest absolute Gasteiger partial charge is 0.467 e. The van der Waals surface area contributed by atoms with Crippen molar-refractivity contribution in [2.24, 2.45) is 0 Å². The highest BCUT2D eigenvalue weighted by Gasteiger charge is 2.05. The van der Waals surface area contributed by atoms with Gasteiger partial charge in [0.05, 0.1) is 24.0 Å². The minimum absolute atomic E-state index is 0.674. The van der Waals surface area contributed by atoms with E-state index in [-0.39, 0.29) is 0 Å². The van der Waals surface area contributed by atoms with Crippen LogP contribution < -0.4 is 5.32 Å². The topological polar surface area (TPSA) is 38.1 Å². The molecule has 96 valence electrons. The average Bonchev–Trinajstić information content (AvgIpc) is 2.82. The third-order valence-corrected chi connectivity index (χ3v) is 3.27. The Kier molecular flexibility index (Phi) is 2.95. The lowest BCUT2D eigenvalue weighted by Crippen LogP contribution is -2.01. The third kappa shape index (κ3) is 2.32. The molecule has 0 saturated heterocycles. The number of nitrogens with one attached hydrogen (secondary N) is 1. The molecule has 0 atom stereocenters. The van der Waals surface area contributed by atoms with E-state index >= 15 is 0 Å². The number of benzene rings is 1. The molecule has 3 nitrogen and oxygen atoms in total. The van der Waals surface area contributed by atoms with Crippen LogP contribution in [0.25, 0.3) is 10.9 Å². The molecule has 1 N–H and O–H groups in total. The Balaban J connectivity index is 1.92. The van der Waals surface area contributed by atoms with Crippen molar-refractivity contribution < 1.29 is 4.42 Å². The fourth-order valence-corrected chi connectivity index (χ4v) is 2.15. The fourth-order valence-electron chi connectivity index (χ4n) is 2.15. The van der Waals surface area contributed by atoms with Crippen molar-refractivity contribution >= 4 is 16.6 Å². The lowest BCUT2D eigenvalue weighted by Gasteiger charge is -2.09. The van der Waals surface area contributed by atoms with Crippen LogP contribution in [0.2, 0.25) is 0 Å². The van der Waals surface area contributed by atoms with Crippen LogP contribution in [-0.4, -0.2) is 4.98 Å². The van der Waals surface area contributed by atoms with Crippen molar-refractivity contribution in [3.8, 4) is 0 Å². The quantitative estimate of drug-likeness (QED) is 0.764. The standard InChI is InChI=1S/C16H16N2O/c1-11-8-9-19-15(11)10-17-14-5-3-4-13-7-6-12(2)18-16(13)14/h3-9,17H,10H2,1-2H3. The van der Waals surface area contributed by atoms with Crippen LogP contribution >= 0.6 is 0 Å². The maximum atomic E-state index is 5.44. The van der Waals surface area contributed by atoms with E-state index in [9.17, 15) is 0 Å². The van der Waals surface area contributed by atoms with E-state index in [0.29, 0.717) is 6.54 Å². The lowest BCUT2D eigenvalue weighted by atomic mass is 10.1. The first-order chi connectivity index (χ1) is 9.24. The van der Waals surface area contributed by atoms with Gasteiger partial charge in [0, 0.05) is 11.1 Å². The van der Waals surface area contributed by atoms with Crippen LogP contribution in [0.4, 0.5) is 5.69 Å². The molecule has 0 radical (unpaired) electrons. The van der Waals surface area contributed by atoms with E-state index in [2.05, 4.69) is 22.4 Å². The highest BCUT2D eigenvalue weighted by Crippen LogP contribution is 2.22. The van der Waals surface area contributed by atoms with Gasteiger partial charge in [-0.3, -0.25) is 4.98 Å². The normalized spacial score (nSPS) is 10.8. The second kappa shape index (κ2) is 4.76. The van der Waals surface area contributed by atoms with Gasteiger partial charge in [-0.05, 0) is 37.6 Å². The molecule has 3 aromatic rings. The van der Waals surface area contributed by atoms with Crippen molar-refractivity contribution in [2.45, 2.75) is 20.4 Å². The summed E-state index contributed by atoms with van der Waals surface area (Å²) in [4.78, 5) is 4.60. The zero-order chi connectivity index (χ0) is 13.2. The summed E-state index contributed by atoms with van der Waals surface area (Å²) in [6, 6.07) is 12.3. The zero-order valence-corrected chi connectivity index (χ0v) is 11.1. The second-order valence-electron chi connectivity index (χ2n) is 4.71. The molecule has 0 saturated carbocycles. The monoisotopic (exact) mass is 252 g/mol. The number of fused-ring (bicyclic) bond motifs is 1. The van der Waals surface area contributed by atoms with Gasteiger partial charge in [0.25, 0.3) is 0 Å². The number of aryl methyl sites for hydroxylation is 2. The summed E-state index contributed by atoms with van der Waals surface area (Å²) in [5, 5.41) is 4.55. The lowest BCUT2D eigenvalue weighted by molar-refractivity contribution is 0.515. The van der Waals surface area contributed by atoms with E-state index < -0.39 is 0 Å². The van der Waals surface area contributed by atoms with Crippen LogP contribution in [0, 0.1) is 13.8 Å². The Bertz CT molecular complexity index is 716. The zero-order valence-electron chi connectivity index (χ0n) is 11.1. The predicted molar refractivity (Wildman–Crippen MR) is 77.3 cm³/mol. The first-order valence-electron chi connectivity index (χ1n) is 6.37. The summed E-state index contributed by atoms with van der Waals surface area (Å²) in [6.45, 7) is 4.73. The van der Waals surface area contributed by atoms with E-state index in [0.717, 1.165) is 33.6 Å². The number of anilines is 1. The minimum atomic E-state index is 0.674. The van der Waals surface area contributed by atoms with Crippen molar-refractivity contribution in [1.29, 1.82) is 0 Å². The second-order valence-corrected chi connectivity index (χ2v) is 4.71. The number of rotatable bonds is 3. The molecule has 0 fully saturated rings. The van der Waals surface area contributed by atoms with Crippen molar-refractivity contribution in [3.05, 3.63) is 59.7 Å². The highest BCUT2D eigenvalue weighted by atomic mass is 16.3. The van der Waals surface area contributed by atoms with Crippen LogP contribution in [-0.2, 0) is 6.54 Å². The Morgan fingerprint density at radius 1 is 1.11 bits per heavy atom. The van der Waals surface area contributed by atoms with Gasteiger partial charge in [-0.1, -0.05) is 18.2 Å². The summed E-state index contributed by atoms with van der Waals surface area (Å²) in [5.41, 5.74) is 4.23. The van der Waals surface area contributed by atoms with Crippen LogP contribution in [0.3, 0.4) is 0 Å². The molecular weight excluding hydrogens is 236 g/mol. The van der Waals surface area contributed by atoms with Crippen LogP contribution in [0.15, 0.2) is 47.1 Å². The van der Waals surface area contributed by atoms with Gasteiger partial charge in [-0.2, -0.15) is 0 Å². The number of furan rings is 1. The minimum Gasteiger partial charge on any atom is -0.467 e. The number of hydrogen-bond acceptors (Lipinski definition) is 3. The summed E-state index contributed by atoms with van der Waals surface area (Å²) >= 11 is 0. The van der Waals surface area contributed by atoms with E-state index in [4.69, 9.17) is 4.42 Å². The maximum Gasteiger partial charge on any atom is 0.125 e.